The van der Waals surface area contributed by atoms with Crippen molar-refractivity contribution in [2.75, 3.05) is 0 Å². The molecule has 1 aliphatic rings. The normalized spacial score (nSPS) is 13.8. The summed E-state index contributed by atoms with van der Waals surface area (Å²) in [4.78, 5) is 5.14. The molecule has 4 heteroatoms. The van der Waals surface area contributed by atoms with E-state index in [1.54, 1.807) is 11.3 Å². The molecular formula is C34H37NSSi2. The molecule has 0 amide bonds. The van der Waals surface area contributed by atoms with E-state index in [-0.39, 0.29) is 5.41 Å². The Morgan fingerprint density at radius 3 is 2.05 bits per heavy atom. The first-order chi connectivity index (χ1) is 17.9. The van der Waals surface area contributed by atoms with Gasteiger partial charge in [-0.15, -0.1) is 22.4 Å². The number of rotatable bonds is 3. The molecule has 0 radical (unpaired) electrons. The van der Waals surface area contributed by atoms with Gasteiger partial charge in [-0.3, -0.25) is 0 Å². The van der Waals surface area contributed by atoms with Gasteiger partial charge < -0.3 is 0 Å². The smallest absolute Gasteiger partial charge is 0.129 e. The Hall–Kier alpha value is -2.90. The monoisotopic (exact) mass is 547 g/mol. The van der Waals surface area contributed by atoms with Gasteiger partial charge in [0.1, 0.15) is 21.2 Å². The van der Waals surface area contributed by atoms with Crippen LogP contribution in [0.1, 0.15) is 48.9 Å². The number of hydrogen-bond donors (Lipinski definition) is 0. The van der Waals surface area contributed by atoms with Crippen molar-refractivity contribution in [2.24, 2.45) is 0 Å². The maximum absolute atomic E-state index is 5.14. The molecule has 192 valence electrons. The minimum absolute atomic E-state index is 0.00217. The van der Waals surface area contributed by atoms with Crippen LogP contribution in [0.15, 0.2) is 54.6 Å². The van der Waals surface area contributed by atoms with Gasteiger partial charge in [0.25, 0.3) is 0 Å². The average Bonchev–Trinajstić information content (AvgIpc) is 3.42. The number of benzene rings is 3. The lowest BCUT2D eigenvalue weighted by molar-refractivity contribution is 0.490. The van der Waals surface area contributed by atoms with Gasteiger partial charge in [0.2, 0.25) is 0 Å². The van der Waals surface area contributed by atoms with E-state index < -0.39 is 16.1 Å². The Kier molecular flexibility index (Phi) is 6.81. The Morgan fingerprint density at radius 1 is 0.763 bits per heavy atom. The van der Waals surface area contributed by atoms with Gasteiger partial charge in [0.15, 0.2) is 0 Å². The van der Waals surface area contributed by atoms with Crippen LogP contribution < -0.4 is 0 Å². The zero-order chi connectivity index (χ0) is 27.3. The topological polar surface area (TPSA) is 12.9 Å². The summed E-state index contributed by atoms with van der Waals surface area (Å²) in [5, 5.41) is 1.07. The minimum atomic E-state index is -1.46. The molecular weight excluding hydrogens is 511 g/mol. The summed E-state index contributed by atoms with van der Waals surface area (Å²) in [5.74, 6) is 6.95. The highest BCUT2D eigenvalue weighted by Crippen LogP contribution is 2.53. The molecule has 3 aromatic carbocycles. The van der Waals surface area contributed by atoms with Gasteiger partial charge in [-0.05, 0) is 65.4 Å². The predicted octanol–water partition coefficient (Wildman–Crippen LogP) is 9.51. The average molecular weight is 548 g/mol. The predicted molar refractivity (Wildman–Crippen MR) is 172 cm³/mol. The van der Waals surface area contributed by atoms with E-state index >= 15 is 0 Å². The highest BCUT2D eigenvalue weighted by molar-refractivity contribution is 7.21. The van der Waals surface area contributed by atoms with E-state index in [0.717, 1.165) is 34.5 Å². The zero-order valence-electron chi connectivity index (χ0n) is 24.0. The minimum Gasteiger partial charge on any atom is -0.235 e. The lowest BCUT2D eigenvalue weighted by Gasteiger charge is -2.30. The maximum atomic E-state index is 5.14. The summed E-state index contributed by atoms with van der Waals surface area (Å²) in [5.41, 5.74) is 17.1. The van der Waals surface area contributed by atoms with Crippen LogP contribution >= 0.6 is 11.3 Å². The van der Waals surface area contributed by atoms with Crippen LogP contribution in [0, 0.1) is 22.9 Å². The van der Waals surface area contributed by atoms with Crippen LogP contribution in [-0.2, 0) is 5.41 Å². The van der Waals surface area contributed by atoms with Crippen LogP contribution in [0.3, 0.4) is 0 Å². The SMILES string of the molecule is CCC1(CC)c2cc(C#C[Si](C)(C)C)ccc2-c2ccc(-c3nc4c(C#C[Si](C)(C)C)cccc4s3)cc21. The van der Waals surface area contributed by atoms with E-state index in [2.05, 4.69) is 131 Å². The van der Waals surface area contributed by atoms with Crippen molar-refractivity contribution in [3.63, 3.8) is 0 Å². The van der Waals surface area contributed by atoms with Crippen molar-refractivity contribution in [3.8, 4) is 44.6 Å². The summed E-state index contributed by atoms with van der Waals surface area (Å²) < 4.78 is 1.20. The maximum Gasteiger partial charge on any atom is 0.129 e. The highest BCUT2D eigenvalue weighted by atomic mass is 32.1. The number of fused-ring (bicyclic) bond motifs is 4. The fourth-order valence-corrected chi connectivity index (χ4v) is 7.42. The summed E-state index contributed by atoms with van der Waals surface area (Å²) >= 11 is 1.77. The van der Waals surface area contributed by atoms with Gasteiger partial charge in [-0.25, -0.2) is 4.98 Å². The van der Waals surface area contributed by atoms with Gasteiger partial charge >= 0.3 is 0 Å². The quantitative estimate of drug-likeness (QED) is 0.184. The first-order valence-corrected chi connectivity index (χ1v) is 21.5. The van der Waals surface area contributed by atoms with Crippen molar-refractivity contribution < 1.29 is 0 Å². The highest BCUT2D eigenvalue weighted by Gasteiger charge is 2.40. The Labute approximate surface area is 234 Å². The standard InChI is InChI=1S/C34H37NSSi2/c1-9-34(10-2)29-22-24(18-20-37(3,4)5)14-16-27(29)28-17-15-26(23-30(28)34)33-35-32-25(19-21-38(6,7)8)12-11-13-31(32)36-33/h11-17,22-23H,9-10H2,1-8H3. The van der Waals surface area contributed by atoms with Crippen LogP contribution in [-0.4, -0.2) is 21.1 Å². The van der Waals surface area contributed by atoms with Crippen molar-refractivity contribution in [1.29, 1.82) is 0 Å². The Balaban J connectivity index is 1.62. The van der Waals surface area contributed by atoms with Crippen molar-refractivity contribution in [2.45, 2.75) is 71.4 Å². The van der Waals surface area contributed by atoms with Gasteiger partial charge in [0.05, 0.1) is 15.8 Å². The Morgan fingerprint density at radius 2 is 1.39 bits per heavy atom. The molecule has 0 unspecified atom stereocenters. The third-order valence-corrected chi connectivity index (χ3v) is 10.2. The largest absolute Gasteiger partial charge is 0.235 e. The number of thiazole rings is 1. The van der Waals surface area contributed by atoms with E-state index in [1.165, 1.54) is 32.5 Å². The molecule has 0 saturated carbocycles. The van der Waals surface area contributed by atoms with Crippen molar-refractivity contribution in [3.05, 3.63) is 76.9 Å². The molecule has 0 N–H and O–H groups in total. The fourth-order valence-electron chi connectivity index (χ4n) is 5.41. The summed E-state index contributed by atoms with van der Waals surface area (Å²) in [6, 6.07) is 20.3. The molecule has 1 aromatic heterocycles. The van der Waals surface area contributed by atoms with E-state index in [9.17, 15) is 0 Å². The van der Waals surface area contributed by atoms with Crippen molar-refractivity contribution in [1.82, 2.24) is 4.98 Å². The number of aromatic nitrogens is 1. The van der Waals surface area contributed by atoms with E-state index in [1.807, 2.05) is 0 Å². The zero-order valence-corrected chi connectivity index (χ0v) is 26.8. The molecule has 0 aliphatic heterocycles. The number of hydrogen-bond acceptors (Lipinski definition) is 2. The van der Waals surface area contributed by atoms with E-state index in [4.69, 9.17) is 4.98 Å². The fraction of sp³-hybridized carbons (Fsp3) is 0.324. The van der Waals surface area contributed by atoms with Crippen LogP contribution in [0.4, 0.5) is 0 Å². The van der Waals surface area contributed by atoms with E-state index in [0.29, 0.717) is 0 Å². The molecule has 0 saturated heterocycles. The first-order valence-electron chi connectivity index (χ1n) is 13.7. The van der Waals surface area contributed by atoms with Crippen LogP contribution in [0.5, 0.6) is 0 Å². The Bertz CT molecular complexity index is 1670. The third kappa shape index (κ3) is 4.94. The lowest BCUT2D eigenvalue weighted by Crippen LogP contribution is -2.23. The van der Waals surface area contributed by atoms with Gasteiger partial charge in [0, 0.05) is 16.5 Å². The first kappa shape index (κ1) is 26.7. The number of nitrogens with zero attached hydrogens (tertiary/aromatic N) is 1. The molecule has 1 nitrogen and oxygen atoms in total. The van der Waals surface area contributed by atoms with Gasteiger partial charge in [-0.2, -0.15) is 0 Å². The molecule has 4 aromatic rings. The molecule has 38 heavy (non-hydrogen) atoms. The molecule has 0 atom stereocenters. The molecule has 0 fully saturated rings. The van der Waals surface area contributed by atoms with Gasteiger partial charge in [-0.1, -0.05) is 89.2 Å². The van der Waals surface area contributed by atoms with Crippen LogP contribution in [0.2, 0.25) is 39.3 Å². The second-order valence-corrected chi connectivity index (χ2v) is 23.0. The molecule has 1 aliphatic carbocycles. The molecule has 5 rings (SSSR count). The third-order valence-electron chi connectivity index (χ3n) is 7.39. The summed E-state index contributed by atoms with van der Waals surface area (Å²) in [6.07, 6.45) is 2.13. The second-order valence-electron chi connectivity index (χ2n) is 12.5. The summed E-state index contributed by atoms with van der Waals surface area (Å²) in [7, 11) is -2.90. The second kappa shape index (κ2) is 9.69. The summed E-state index contributed by atoms with van der Waals surface area (Å²) in [6.45, 7) is 18.4. The molecule has 1 heterocycles. The molecule has 0 bridgehead atoms. The molecule has 0 spiro atoms. The number of para-hydroxylation sites is 1. The van der Waals surface area contributed by atoms with Crippen molar-refractivity contribution >= 4 is 37.7 Å². The van der Waals surface area contributed by atoms with Crippen LogP contribution in [0.25, 0.3) is 31.9 Å². The lowest BCUT2D eigenvalue weighted by atomic mass is 9.73.